The zero-order valence-electron chi connectivity index (χ0n) is 9.24. The third-order valence-corrected chi connectivity index (χ3v) is 1.92. The van der Waals surface area contributed by atoms with Crippen molar-refractivity contribution in [3.63, 3.8) is 0 Å². The van der Waals surface area contributed by atoms with Crippen LogP contribution in [0.4, 0.5) is 0 Å². The predicted molar refractivity (Wildman–Crippen MR) is 65.4 cm³/mol. The molecule has 0 nitrogen and oxygen atoms in total. The maximum absolute atomic E-state index is 3.76. The SMILES string of the molecule is C=CC(C=C)Cc1ccccc1.CC. The van der Waals surface area contributed by atoms with Gasteiger partial charge in [0.15, 0.2) is 0 Å². The summed E-state index contributed by atoms with van der Waals surface area (Å²) in [5.41, 5.74) is 1.34. The van der Waals surface area contributed by atoms with Gasteiger partial charge in [-0.1, -0.05) is 56.3 Å². The third kappa shape index (κ3) is 4.66. The molecule has 1 aromatic carbocycles. The highest BCUT2D eigenvalue weighted by atomic mass is 14.0. The summed E-state index contributed by atoms with van der Waals surface area (Å²) < 4.78 is 0. The molecule has 0 bridgehead atoms. The van der Waals surface area contributed by atoms with E-state index >= 15 is 0 Å². The molecule has 0 radical (unpaired) electrons. The van der Waals surface area contributed by atoms with E-state index in [0.717, 1.165) is 6.42 Å². The summed E-state index contributed by atoms with van der Waals surface area (Å²) in [5.74, 6) is 0.396. The molecule has 0 aliphatic heterocycles. The van der Waals surface area contributed by atoms with Crippen LogP contribution in [-0.4, -0.2) is 0 Å². The van der Waals surface area contributed by atoms with Gasteiger partial charge in [-0.05, 0) is 17.9 Å². The van der Waals surface area contributed by atoms with Crippen LogP contribution in [0.1, 0.15) is 19.4 Å². The van der Waals surface area contributed by atoms with Gasteiger partial charge in [0.2, 0.25) is 0 Å². The molecule has 0 aliphatic rings. The van der Waals surface area contributed by atoms with Gasteiger partial charge in [-0.3, -0.25) is 0 Å². The Morgan fingerprint density at radius 2 is 1.57 bits per heavy atom. The third-order valence-electron chi connectivity index (χ3n) is 1.92. The Labute approximate surface area is 88.0 Å². The van der Waals surface area contributed by atoms with Crippen LogP contribution in [0.15, 0.2) is 55.6 Å². The number of hydrogen-bond acceptors (Lipinski definition) is 0. The Morgan fingerprint density at radius 3 is 2.00 bits per heavy atom. The summed E-state index contributed by atoms with van der Waals surface area (Å²) in [7, 11) is 0. The molecule has 0 unspecified atom stereocenters. The smallest absolute Gasteiger partial charge is 0.00184 e. The van der Waals surface area contributed by atoms with E-state index in [1.165, 1.54) is 5.56 Å². The molecule has 0 spiro atoms. The van der Waals surface area contributed by atoms with Gasteiger partial charge < -0.3 is 0 Å². The lowest BCUT2D eigenvalue weighted by atomic mass is 10.00. The Hall–Kier alpha value is -1.30. The van der Waals surface area contributed by atoms with E-state index < -0.39 is 0 Å². The van der Waals surface area contributed by atoms with E-state index in [4.69, 9.17) is 0 Å². The lowest BCUT2D eigenvalue weighted by Crippen LogP contribution is -1.95. The number of hydrogen-bond donors (Lipinski definition) is 0. The summed E-state index contributed by atoms with van der Waals surface area (Å²) in [6.07, 6.45) is 4.87. The van der Waals surface area contributed by atoms with Crippen molar-refractivity contribution in [2.75, 3.05) is 0 Å². The second-order valence-corrected chi connectivity index (χ2v) is 2.82. The minimum atomic E-state index is 0.396. The van der Waals surface area contributed by atoms with Crippen molar-refractivity contribution >= 4 is 0 Å². The highest BCUT2D eigenvalue weighted by Gasteiger charge is 1.98. The summed E-state index contributed by atoms with van der Waals surface area (Å²) in [6, 6.07) is 10.4. The highest BCUT2D eigenvalue weighted by molar-refractivity contribution is 5.17. The molecule has 1 aromatic rings. The first kappa shape index (κ1) is 12.7. The molecule has 0 amide bonds. The molecule has 0 aliphatic carbocycles. The van der Waals surface area contributed by atoms with Crippen LogP contribution in [0, 0.1) is 5.92 Å². The van der Waals surface area contributed by atoms with Crippen molar-refractivity contribution < 1.29 is 0 Å². The molecule has 0 saturated carbocycles. The second kappa shape index (κ2) is 8.31. The average Bonchev–Trinajstić information content (AvgIpc) is 2.30. The average molecular weight is 188 g/mol. The van der Waals surface area contributed by atoms with Gasteiger partial charge in [0.05, 0.1) is 0 Å². The molecule has 0 atom stereocenters. The predicted octanol–water partition coefficient (Wildman–Crippen LogP) is 4.24. The van der Waals surface area contributed by atoms with Gasteiger partial charge in [0.25, 0.3) is 0 Å². The van der Waals surface area contributed by atoms with Crippen molar-refractivity contribution in [3.05, 3.63) is 61.2 Å². The van der Waals surface area contributed by atoms with E-state index in [1.807, 2.05) is 32.1 Å². The summed E-state index contributed by atoms with van der Waals surface area (Å²) >= 11 is 0. The Morgan fingerprint density at radius 1 is 1.07 bits per heavy atom. The van der Waals surface area contributed by atoms with Crippen LogP contribution in [-0.2, 0) is 6.42 Å². The largest absolute Gasteiger partial charge is 0.102 e. The lowest BCUT2D eigenvalue weighted by Gasteiger charge is -2.05. The van der Waals surface area contributed by atoms with Crippen LogP contribution in [0.2, 0.25) is 0 Å². The summed E-state index contributed by atoms with van der Waals surface area (Å²) in [5, 5.41) is 0. The maximum Gasteiger partial charge on any atom is -0.00184 e. The number of benzene rings is 1. The van der Waals surface area contributed by atoms with E-state index in [2.05, 4.69) is 37.4 Å². The zero-order chi connectivity index (χ0) is 10.8. The topological polar surface area (TPSA) is 0 Å². The van der Waals surface area contributed by atoms with Crippen LogP contribution in [0.5, 0.6) is 0 Å². The van der Waals surface area contributed by atoms with Gasteiger partial charge in [-0.25, -0.2) is 0 Å². The monoisotopic (exact) mass is 188 g/mol. The number of rotatable bonds is 4. The molecule has 1 rings (SSSR count). The van der Waals surface area contributed by atoms with E-state index in [9.17, 15) is 0 Å². The standard InChI is InChI=1S/C12H14.C2H6/c1-3-11(4-2)10-12-8-6-5-7-9-12;1-2/h3-9,11H,1-2,10H2;1-2H3. The molecule has 0 heteroatoms. The van der Waals surface area contributed by atoms with E-state index in [1.54, 1.807) is 0 Å². The van der Waals surface area contributed by atoms with Gasteiger partial charge in [-0.15, -0.1) is 13.2 Å². The van der Waals surface area contributed by atoms with Crippen molar-refractivity contribution in [1.82, 2.24) is 0 Å². The maximum atomic E-state index is 3.76. The van der Waals surface area contributed by atoms with E-state index in [-0.39, 0.29) is 0 Å². The van der Waals surface area contributed by atoms with Crippen LogP contribution in [0.3, 0.4) is 0 Å². The Balaban J connectivity index is 0.000000791. The first-order valence-corrected chi connectivity index (χ1v) is 5.16. The van der Waals surface area contributed by atoms with Crippen molar-refractivity contribution in [1.29, 1.82) is 0 Å². The van der Waals surface area contributed by atoms with Gasteiger partial charge >= 0.3 is 0 Å². The van der Waals surface area contributed by atoms with E-state index in [0.29, 0.717) is 5.92 Å². The fraction of sp³-hybridized carbons (Fsp3) is 0.286. The molecule has 0 aromatic heterocycles. The molecule has 0 saturated heterocycles. The quantitative estimate of drug-likeness (QED) is 0.620. The van der Waals surface area contributed by atoms with Crippen LogP contribution in [0.25, 0.3) is 0 Å². The van der Waals surface area contributed by atoms with Gasteiger partial charge in [0.1, 0.15) is 0 Å². The van der Waals surface area contributed by atoms with Gasteiger partial charge in [-0.2, -0.15) is 0 Å². The van der Waals surface area contributed by atoms with Crippen molar-refractivity contribution in [3.8, 4) is 0 Å². The summed E-state index contributed by atoms with van der Waals surface area (Å²) in [4.78, 5) is 0. The fourth-order valence-electron chi connectivity index (χ4n) is 1.15. The first-order chi connectivity index (χ1) is 6.86. The Kier molecular flexibility index (Phi) is 7.53. The minimum absolute atomic E-state index is 0.396. The highest BCUT2D eigenvalue weighted by Crippen LogP contribution is 2.09. The molecule has 0 fully saturated rings. The van der Waals surface area contributed by atoms with Gasteiger partial charge in [0, 0.05) is 0 Å². The second-order valence-electron chi connectivity index (χ2n) is 2.82. The zero-order valence-corrected chi connectivity index (χ0v) is 9.24. The van der Waals surface area contributed by atoms with Crippen LogP contribution < -0.4 is 0 Å². The molecular formula is C14H20. The molecule has 76 valence electrons. The Bertz CT molecular complexity index is 238. The fourth-order valence-corrected chi connectivity index (χ4v) is 1.15. The van der Waals surface area contributed by atoms with Crippen molar-refractivity contribution in [2.24, 2.45) is 5.92 Å². The molecular weight excluding hydrogens is 168 g/mol. The minimum Gasteiger partial charge on any atom is -0.102 e. The van der Waals surface area contributed by atoms with Crippen molar-refractivity contribution in [2.45, 2.75) is 20.3 Å². The van der Waals surface area contributed by atoms with Crippen LogP contribution >= 0.6 is 0 Å². The summed E-state index contributed by atoms with van der Waals surface area (Å²) in [6.45, 7) is 11.5. The molecule has 0 N–H and O–H groups in total. The molecule has 0 heterocycles. The number of allylic oxidation sites excluding steroid dienone is 2. The lowest BCUT2D eigenvalue weighted by molar-refractivity contribution is 0.809. The molecule has 14 heavy (non-hydrogen) atoms. The normalized spacial score (nSPS) is 8.79. The first-order valence-electron chi connectivity index (χ1n) is 5.16.